The summed E-state index contributed by atoms with van der Waals surface area (Å²) in [5.41, 5.74) is 1.02. The Bertz CT molecular complexity index is 570. The van der Waals surface area contributed by atoms with Gasteiger partial charge in [-0.05, 0) is 34.1 Å². The molecular formula is C10H7BrN2O3S. The third-order valence-corrected chi connectivity index (χ3v) is 3.26. The molecule has 1 aromatic heterocycles. The molecule has 0 saturated carbocycles. The van der Waals surface area contributed by atoms with Gasteiger partial charge in [-0.3, -0.25) is 0 Å². The predicted octanol–water partition coefficient (Wildman–Crippen LogP) is 2.67. The van der Waals surface area contributed by atoms with Crippen molar-refractivity contribution in [2.75, 3.05) is 7.11 Å². The molecule has 0 fully saturated rings. The molecular weight excluding hydrogens is 308 g/mol. The van der Waals surface area contributed by atoms with E-state index in [0.29, 0.717) is 17.0 Å². The van der Waals surface area contributed by atoms with Crippen molar-refractivity contribution in [2.45, 2.75) is 0 Å². The molecule has 88 valence electrons. The number of aromatic nitrogens is 2. The van der Waals surface area contributed by atoms with Crippen LogP contribution in [0.15, 0.2) is 22.7 Å². The highest BCUT2D eigenvalue weighted by Crippen LogP contribution is 2.31. The Kier molecular flexibility index (Phi) is 3.39. The molecule has 5 nitrogen and oxygen atoms in total. The quantitative estimate of drug-likeness (QED) is 0.943. The molecule has 0 bridgehead atoms. The Morgan fingerprint density at radius 1 is 1.47 bits per heavy atom. The van der Waals surface area contributed by atoms with Gasteiger partial charge in [-0.15, -0.1) is 0 Å². The second kappa shape index (κ2) is 4.80. The summed E-state index contributed by atoms with van der Waals surface area (Å²) in [5.74, 6) is -0.408. The number of aromatic carboxylic acids is 1. The highest BCUT2D eigenvalue weighted by molar-refractivity contribution is 9.10. The van der Waals surface area contributed by atoms with Gasteiger partial charge < -0.3 is 9.84 Å². The zero-order valence-electron chi connectivity index (χ0n) is 8.68. The number of benzene rings is 1. The number of methoxy groups -OCH3 is 1. The molecule has 0 aliphatic carbocycles. The van der Waals surface area contributed by atoms with Crippen molar-refractivity contribution in [3.63, 3.8) is 0 Å². The fourth-order valence-electron chi connectivity index (χ4n) is 1.33. The average molecular weight is 315 g/mol. The fourth-order valence-corrected chi connectivity index (χ4v) is 2.43. The highest BCUT2D eigenvalue weighted by Gasteiger charge is 2.17. The zero-order chi connectivity index (χ0) is 12.4. The summed E-state index contributed by atoms with van der Waals surface area (Å²) in [6.07, 6.45) is 0. The van der Waals surface area contributed by atoms with Crippen molar-refractivity contribution in [2.24, 2.45) is 0 Å². The molecule has 0 amide bonds. The summed E-state index contributed by atoms with van der Waals surface area (Å²) in [4.78, 5) is 10.9. The van der Waals surface area contributed by atoms with E-state index in [0.717, 1.165) is 16.2 Å². The molecule has 0 saturated heterocycles. The first kappa shape index (κ1) is 12.0. The number of rotatable bonds is 3. The lowest BCUT2D eigenvalue weighted by Crippen LogP contribution is -1.99. The minimum atomic E-state index is -1.08. The number of hydrogen-bond acceptors (Lipinski definition) is 5. The van der Waals surface area contributed by atoms with Crippen LogP contribution in [0, 0.1) is 0 Å². The smallest absolute Gasteiger partial charge is 0.357 e. The summed E-state index contributed by atoms with van der Waals surface area (Å²) in [6, 6.07) is 5.24. The minimum Gasteiger partial charge on any atom is -0.496 e. The summed E-state index contributed by atoms with van der Waals surface area (Å²) in [5, 5.41) is 8.95. The molecule has 1 N–H and O–H groups in total. The number of halogens is 1. The van der Waals surface area contributed by atoms with Crippen LogP contribution in [0.5, 0.6) is 5.75 Å². The maximum atomic E-state index is 10.9. The first-order valence-electron chi connectivity index (χ1n) is 4.53. The van der Waals surface area contributed by atoms with Gasteiger partial charge in [0.05, 0.1) is 23.3 Å². The van der Waals surface area contributed by atoms with E-state index in [-0.39, 0.29) is 5.69 Å². The van der Waals surface area contributed by atoms with Gasteiger partial charge in [-0.25, -0.2) is 4.79 Å². The van der Waals surface area contributed by atoms with Crippen molar-refractivity contribution in [3.05, 3.63) is 28.4 Å². The Hall–Kier alpha value is -1.47. The van der Waals surface area contributed by atoms with Crippen LogP contribution >= 0.6 is 27.7 Å². The average Bonchev–Trinajstić information content (AvgIpc) is 2.77. The van der Waals surface area contributed by atoms with E-state index >= 15 is 0 Å². The lowest BCUT2D eigenvalue weighted by molar-refractivity contribution is 0.0692. The van der Waals surface area contributed by atoms with Crippen LogP contribution in [0.3, 0.4) is 0 Å². The van der Waals surface area contributed by atoms with E-state index in [9.17, 15) is 4.79 Å². The van der Waals surface area contributed by atoms with Crippen LogP contribution in [0.2, 0.25) is 0 Å². The van der Waals surface area contributed by atoms with E-state index < -0.39 is 5.97 Å². The second-order valence-corrected chi connectivity index (χ2v) is 4.50. The van der Waals surface area contributed by atoms with Gasteiger partial charge in [0, 0.05) is 5.56 Å². The normalized spacial score (nSPS) is 10.2. The van der Waals surface area contributed by atoms with E-state index in [1.54, 1.807) is 25.3 Å². The zero-order valence-corrected chi connectivity index (χ0v) is 11.1. The van der Waals surface area contributed by atoms with Crippen molar-refractivity contribution in [3.8, 4) is 17.0 Å². The molecule has 0 atom stereocenters. The maximum absolute atomic E-state index is 10.9. The van der Waals surface area contributed by atoms with Gasteiger partial charge in [0.2, 0.25) is 0 Å². The fraction of sp³-hybridized carbons (Fsp3) is 0.100. The van der Waals surface area contributed by atoms with Crippen LogP contribution in [-0.4, -0.2) is 26.9 Å². The predicted molar refractivity (Wildman–Crippen MR) is 66.6 cm³/mol. The number of carboxylic acid groups (broad SMARTS) is 1. The van der Waals surface area contributed by atoms with E-state index in [1.807, 2.05) is 0 Å². The van der Waals surface area contributed by atoms with Crippen molar-refractivity contribution >= 4 is 33.6 Å². The third kappa shape index (κ3) is 2.29. The van der Waals surface area contributed by atoms with Crippen molar-refractivity contribution < 1.29 is 14.6 Å². The Morgan fingerprint density at radius 3 is 2.82 bits per heavy atom. The summed E-state index contributed by atoms with van der Waals surface area (Å²) >= 11 is 4.22. The molecule has 2 aromatic rings. The van der Waals surface area contributed by atoms with Gasteiger partial charge in [0.1, 0.15) is 11.4 Å². The lowest BCUT2D eigenvalue weighted by Gasteiger charge is -2.04. The second-order valence-electron chi connectivity index (χ2n) is 3.12. The van der Waals surface area contributed by atoms with Crippen molar-refractivity contribution in [1.29, 1.82) is 0 Å². The molecule has 0 radical (unpaired) electrons. The highest BCUT2D eigenvalue weighted by atomic mass is 79.9. The van der Waals surface area contributed by atoms with Gasteiger partial charge in [-0.2, -0.15) is 8.75 Å². The first-order chi connectivity index (χ1) is 8.13. The molecule has 17 heavy (non-hydrogen) atoms. The van der Waals surface area contributed by atoms with Gasteiger partial charge in [0.25, 0.3) is 0 Å². The standard InChI is InChI=1S/C10H7BrN2O3S/c1-16-7-3-2-5(4-6(7)11)8-9(10(14)15)13-17-12-8/h2-4H,1H3,(H,14,15). The van der Waals surface area contributed by atoms with Crippen LogP contribution < -0.4 is 4.74 Å². The molecule has 0 aliphatic heterocycles. The van der Waals surface area contributed by atoms with Crippen LogP contribution in [0.4, 0.5) is 0 Å². The van der Waals surface area contributed by atoms with Crippen LogP contribution in [0.1, 0.15) is 10.5 Å². The summed E-state index contributed by atoms with van der Waals surface area (Å²) in [6.45, 7) is 0. The lowest BCUT2D eigenvalue weighted by atomic mass is 10.1. The Balaban J connectivity index is 2.50. The summed E-state index contributed by atoms with van der Waals surface area (Å²) in [7, 11) is 1.56. The SMILES string of the molecule is COc1ccc(-c2nsnc2C(=O)O)cc1Br. The van der Waals surface area contributed by atoms with Crippen LogP contribution in [-0.2, 0) is 0 Å². The van der Waals surface area contributed by atoms with E-state index in [2.05, 4.69) is 24.7 Å². The van der Waals surface area contributed by atoms with E-state index in [4.69, 9.17) is 9.84 Å². The minimum absolute atomic E-state index is 0.0351. The third-order valence-electron chi connectivity index (χ3n) is 2.12. The topological polar surface area (TPSA) is 72.3 Å². The number of carbonyl (C=O) groups is 1. The molecule has 1 heterocycles. The molecule has 7 heteroatoms. The Morgan fingerprint density at radius 2 is 2.24 bits per heavy atom. The monoisotopic (exact) mass is 314 g/mol. The molecule has 0 spiro atoms. The van der Waals surface area contributed by atoms with Gasteiger partial charge >= 0.3 is 5.97 Å². The molecule has 2 rings (SSSR count). The Labute approximate surface area is 110 Å². The summed E-state index contributed by atoms with van der Waals surface area (Å²) < 4.78 is 13.6. The maximum Gasteiger partial charge on any atom is 0.357 e. The first-order valence-corrected chi connectivity index (χ1v) is 6.05. The molecule has 0 aliphatic rings. The number of carboxylic acids is 1. The molecule has 1 aromatic carbocycles. The van der Waals surface area contributed by atoms with Crippen molar-refractivity contribution in [1.82, 2.24) is 8.75 Å². The van der Waals surface area contributed by atoms with Gasteiger partial charge in [-0.1, -0.05) is 0 Å². The number of nitrogens with zero attached hydrogens (tertiary/aromatic N) is 2. The molecule has 0 unspecified atom stereocenters. The van der Waals surface area contributed by atoms with E-state index in [1.165, 1.54) is 0 Å². The number of hydrogen-bond donors (Lipinski definition) is 1. The van der Waals surface area contributed by atoms with Gasteiger partial charge in [0.15, 0.2) is 5.69 Å². The van der Waals surface area contributed by atoms with Crippen LogP contribution in [0.25, 0.3) is 11.3 Å². The number of ether oxygens (including phenoxy) is 1. The largest absolute Gasteiger partial charge is 0.496 e.